The number of nitrogens with one attached hydrogen (secondary N) is 1. The van der Waals surface area contributed by atoms with Gasteiger partial charge in [0, 0.05) is 35.5 Å². The maximum atomic E-state index is 13.8. The summed E-state index contributed by atoms with van der Waals surface area (Å²) < 4.78 is 34.0. The van der Waals surface area contributed by atoms with Crippen LogP contribution in [0.3, 0.4) is 0 Å². The first-order valence-electron chi connectivity index (χ1n) is 10.1. The lowest BCUT2D eigenvalue weighted by Gasteiger charge is -2.11. The van der Waals surface area contributed by atoms with Crippen molar-refractivity contribution >= 4 is 17.2 Å². The number of aromatic nitrogens is 3. The van der Waals surface area contributed by atoms with Crippen LogP contribution in [-0.4, -0.2) is 27.6 Å². The van der Waals surface area contributed by atoms with E-state index < -0.39 is 11.6 Å². The number of halogens is 2. The number of para-hydroxylation sites is 1. The molecule has 0 aliphatic carbocycles. The second kappa shape index (κ2) is 8.74. The van der Waals surface area contributed by atoms with E-state index in [1.807, 2.05) is 44.2 Å². The number of carbonyl (C=O) groups is 1. The van der Waals surface area contributed by atoms with Gasteiger partial charge < -0.3 is 10.1 Å². The third-order valence-electron chi connectivity index (χ3n) is 5.35. The lowest BCUT2D eigenvalue weighted by Crippen LogP contribution is -2.15. The van der Waals surface area contributed by atoms with Crippen LogP contribution >= 0.6 is 0 Å². The molecular weight excluding hydrogens is 414 g/mol. The summed E-state index contributed by atoms with van der Waals surface area (Å²) in [6.07, 6.45) is 0.519. The highest BCUT2D eigenvalue weighted by atomic mass is 19.1. The maximum absolute atomic E-state index is 13.8. The molecule has 0 radical (unpaired) electrons. The van der Waals surface area contributed by atoms with Crippen LogP contribution in [-0.2, 0) is 11.2 Å². The summed E-state index contributed by atoms with van der Waals surface area (Å²) in [6.45, 7) is 3.81. The van der Waals surface area contributed by atoms with Crippen molar-refractivity contribution < 1.29 is 18.3 Å². The van der Waals surface area contributed by atoms with Gasteiger partial charge in [-0.1, -0.05) is 12.1 Å². The Kier molecular flexibility index (Phi) is 5.85. The molecule has 0 fully saturated rings. The van der Waals surface area contributed by atoms with E-state index in [2.05, 4.69) is 10.3 Å². The molecular formula is C24H22F2N4O2. The van der Waals surface area contributed by atoms with E-state index in [1.165, 1.54) is 6.07 Å². The number of nitrogens with zero attached hydrogens (tertiary/aromatic N) is 3. The Morgan fingerprint density at radius 3 is 2.66 bits per heavy atom. The molecule has 32 heavy (non-hydrogen) atoms. The maximum Gasteiger partial charge on any atom is 0.224 e. The van der Waals surface area contributed by atoms with E-state index >= 15 is 0 Å². The van der Waals surface area contributed by atoms with Crippen LogP contribution in [0, 0.1) is 25.5 Å². The number of methoxy groups -OCH3 is 1. The summed E-state index contributed by atoms with van der Waals surface area (Å²) in [7, 11) is 1.61. The van der Waals surface area contributed by atoms with Crippen molar-refractivity contribution in [2.75, 3.05) is 12.4 Å². The first kappa shape index (κ1) is 21.4. The summed E-state index contributed by atoms with van der Waals surface area (Å²) in [4.78, 5) is 17.0. The Morgan fingerprint density at radius 1 is 1.12 bits per heavy atom. The Bertz CT molecular complexity index is 1320. The fourth-order valence-corrected chi connectivity index (χ4v) is 3.72. The van der Waals surface area contributed by atoms with Crippen molar-refractivity contribution in [1.82, 2.24) is 14.6 Å². The molecule has 0 spiro atoms. The molecule has 2 aromatic carbocycles. The molecule has 0 atom stereocenters. The van der Waals surface area contributed by atoms with Gasteiger partial charge in [-0.05, 0) is 50.1 Å². The predicted molar refractivity (Wildman–Crippen MR) is 118 cm³/mol. The van der Waals surface area contributed by atoms with Gasteiger partial charge in [0.25, 0.3) is 0 Å². The van der Waals surface area contributed by atoms with E-state index in [9.17, 15) is 13.6 Å². The Morgan fingerprint density at radius 2 is 1.91 bits per heavy atom. The molecule has 0 saturated heterocycles. The molecule has 1 N–H and O–H groups in total. The number of anilines is 1. The minimum Gasteiger partial charge on any atom is -0.496 e. The van der Waals surface area contributed by atoms with E-state index in [4.69, 9.17) is 9.84 Å². The van der Waals surface area contributed by atoms with Gasteiger partial charge in [-0.25, -0.2) is 18.3 Å². The van der Waals surface area contributed by atoms with Gasteiger partial charge in [0.05, 0.1) is 18.5 Å². The van der Waals surface area contributed by atoms with E-state index in [-0.39, 0.29) is 18.0 Å². The van der Waals surface area contributed by atoms with Crippen LogP contribution < -0.4 is 10.1 Å². The van der Waals surface area contributed by atoms with Crippen LogP contribution in [0.15, 0.2) is 48.5 Å². The van der Waals surface area contributed by atoms with Crippen LogP contribution in [0.2, 0.25) is 0 Å². The van der Waals surface area contributed by atoms with Crippen LogP contribution in [0.1, 0.15) is 23.4 Å². The molecule has 2 aromatic heterocycles. The third kappa shape index (κ3) is 4.16. The van der Waals surface area contributed by atoms with Gasteiger partial charge in [0.2, 0.25) is 5.91 Å². The average molecular weight is 436 g/mol. The monoisotopic (exact) mass is 436 g/mol. The molecule has 0 bridgehead atoms. The Balaban J connectivity index is 1.57. The van der Waals surface area contributed by atoms with Gasteiger partial charge >= 0.3 is 0 Å². The number of fused-ring (bicyclic) bond motifs is 1. The zero-order valence-corrected chi connectivity index (χ0v) is 17.9. The molecule has 0 aliphatic heterocycles. The lowest BCUT2D eigenvalue weighted by atomic mass is 10.1. The second-order valence-corrected chi connectivity index (χ2v) is 7.43. The van der Waals surface area contributed by atoms with Gasteiger partial charge in [-0.2, -0.15) is 5.10 Å². The molecule has 6 nitrogen and oxygen atoms in total. The number of ether oxygens (including phenoxy) is 1. The summed E-state index contributed by atoms with van der Waals surface area (Å²) in [5, 5.41) is 7.18. The zero-order chi connectivity index (χ0) is 22.8. The number of aryl methyl sites for hydroxylation is 2. The SMILES string of the molecule is COc1ccccc1-c1cc2nc(C)c(CCC(=O)Nc3ccc(F)cc3F)c(C)n2n1. The molecule has 4 aromatic rings. The van der Waals surface area contributed by atoms with Crippen molar-refractivity contribution in [1.29, 1.82) is 0 Å². The molecule has 4 rings (SSSR count). The minimum absolute atomic E-state index is 0.0491. The van der Waals surface area contributed by atoms with E-state index in [0.717, 1.165) is 46.1 Å². The van der Waals surface area contributed by atoms with Crippen LogP contribution in [0.5, 0.6) is 5.75 Å². The van der Waals surface area contributed by atoms with Gasteiger partial charge in [-0.3, -0.25) is 4.79 Å². The fraction of sp³-hybridized carbons (Fsp3) is 0.208. The number of hydrogen-bond acceptors (Lipinski definition) is 4. The van der Waals surface area contributed by atoms with Gasteiger partial charge in [0.15, 0.2) is 5.65 Å². The molecule has 0 unspecified atom stereocenters. The minimum atomic E-state index is -0.811. The number of hydrogen-bond donors (Lipinski definition) is 1. The summed E-state index contributed by atoms with van der Waals surface area (Å²) in [5.74, 6) is -1.16. The number of rotatable bonds is 6. The highest BCUT2D eigenvalue weighted by molar-refractivity contribution is 5.91. The van der Waals surface area contributed by atoms with Crippen molar-refractivity contribution in [3.05, 3.63) is 77.1 Å². The summed E-state index contributed by atoms with van der Waals surface area (Å²) >= 11 is 0. The number of carbonyl (C=O) groups excluding carboxylic acids is 1. The molecule has 0 saturated carbocycles. The standard InChI is InChI=1S/C24H22F2N4O2/c1-14-17(9-11-24(31)28-20-10-8-16(25)12-19(20)26)15(2)30-23(27-14)13-21(29-30)18-6-4-5-7-22(18)32-3/h4-8,10,12-13H,9,11H2,1-3H3,(H,28,31). The molecule has 164 valence electrons. The normalized spacial score (nSPS) is 11.0. The van der Waals surface area contributed by atoms with Crippen molar-refractivity contribution in [3.63, 3.8) is 0 Å². The smallest absolute Gasteiger partial charge is 0.224 e. The number of benzene rings is 2. The molecule has 8 heteroatoms. The van der Waals surface area contributed by atoms with Crippen LogP contribution in [0.25, 0.3) is 16.9 Å². The highest BCUT2D eigenvalue weighted by Crippen LogP contribution is 2.30. The third-order valence-corrected chi connectivity index (χ3v) is 5.35. The Labute approximate surface area is 183 Å². The zero-order valence-electron chi connectivity index (χ0n) is 17.9. The lowest BCUT2D eigenvalue weighted by molar-refractivity contribution is -0.116. The first-order chi connectivity index (χ1) is 15.4. The highest BCUT2D eigenvalue weighted by Gasteiger charge is 2.16. The van der Waals surface area contributed by atoms with Crippen LogP contribution in [0.4, 0.5) is 14.5 Å². The number of amides is 1. The second-order valence-electron chi connectivity index (χ2n) is 7.43. The average Bonchev–Trinajstić information content (AvgIpc) is 3.19. The van der Waals surface area contributed by atoms with Crippen molar-refractivity contribution in [2.45, 2.75) is 26.7 Å². The first-order valence-corrected chi connectivity index (χ1v) is 10.1. The fourth-order valence-electron chi connectivity index (χ4n) is 3.72. The summed E-state index contributed by atoms with van der Waals surface area (Å²) in [5.41, 5.74) is 4.80. The molecule has 0 aliphatic rings. The van der Waals surface area contributed by atoms with Crippen molar-refractivity contribution in [2.24, 2.45) is 0 Å². The molecule has 2 heterocycles. The predicted octanol–water partition coefficient (Wildman–Crippen LogP) is 4.87. The Hall–Kier alpha value is -3.81. The quantitative estimate of drug-likeness (QED) is 0.468. The largest absolute Gasteiger partial charge is 0.496 e. The van der Waals surface area contributed by atoms with E-state index in [0.29, 0.717) is 12.1 Å². The summed E-state index contributed by atoms with van der Waals surface area (Å²) in [6, 6.07) is 12.6. The van der Waals surface area contributed by atoms with Gasteiger partial charge in [0.1, 0.15) is 17.4 Å². The topological polar surface area (TPSA) is 68.5 Å². The van der Waals surface area contributed by atoms with Crippen molar-refractivity contribution in [3.8, 4) is 17.0 Å². The molecule has 1 amide bonds. The van der Waals surface area contributed by atoms with E-state index in [1.54, 1.807) is 11.6 Å². The van der Waals surface area contributed by atoms with Gasteiger partial charge in [-0.15, -0.1) is 0 Å².